The minimum Gasteiger partial charge on any atom is -0.465 e. The highest BCUT2D eigenvalue weighted by molar-refractivity contribution is 8.15. The Morgan fingerprint density at radius 3 is 2.35 bits per heavy atom. The summed E-state index contributed by atoms with van der Waals surface area (Å²) < 4.78 is 9.93. The summed E-state index contributed by atoms with van der Waals surface area (Å²) in [6, 6.07) is -0.0219. The first-order valence-corrected chi connectivity index (χ1v) is 7.48. The predicted molar refractivity (Wildman–Crippen MR) is 77.6 cm³/mol. The van der Waals surface area contributed by atoms with Gasteiger partial charge in [-0.3, -0.25) is 14.6 Å². The lowest BCUT2D eigenvalue weighted by Crippen LogP contribution is -2.33. The molecule has 5 nitrogen and oxygen atoms in total. The van der Waals surface area contributed by atoms with Crippen molar-refractivity contribution in [2.75, 3.05) is 13.2 Å². The van der Waals surface area contributed by atoms with E-state index < -0.39 is 17.9 Å². The highest BCUT2D eigenvalue weighted by Crippen LogP contribution is 2.34. The first kappa shape index (κ1) is 14.8. The molecule has 0 aromatic rings. The average Bonchev–Trinajstić information content (AvgIpc) is 2.82. The van der Waals surface area contributed by atoms with E-state index in [1.165, 1.54) is 11.8 Å². The lowest BCUT2D eigenvalue weighted by Gasteiger charge is -2.14. The quantitative estimate of drug-likeness (QED) is 0.571. The van der Waals surface area contributed by atoms with E-state index in [0.717, 1.165) is 0 Å². The Morgan fingerprint density at radius 1 is 1.20 bits per heavy atom. The minimum atomic E-state index is -1.06. The van der Waals surface area contributed by atoms with Crippen molar-refractivity contribution >= 4 is 28.7 Å². The van der Waals surface area contributed by atoms with Gasteiger partial charge in [-0.25, -0.2) is 0 Å². The zero-order valence-corrected chi connectivity index (χ0v) is 12.3. The van der Waals surface area contributed by atoms with Crippen LogP contribution in [0.5, 0.6) is 0 Å². The molecule has 0 saturated heterocycles. The van der Waals surface area contributed by atoms with E-state index in [0.29, 0.717) is 5.04 Å². The van der Waals surface area contributed by atoms with E-state index in [2.05, 4.69) is 4.99 Å². The lowest BCUT2D eigenvalue weighted by atomic mass is 10.1. The third-order valence-corrected chi connectivity index (χ3v) is 4.17. The maximum Gasteiger partial charge on any atom is 0.327 e. The number of rotatable bonds is 5. The maximum atomic E-state index is 12.0. The summed E-state index contributed by atoms with van der Waals surface area (Å²) in [5.41, 5.74) is 0. The summed E-state index contributed by atoms with van der Waals surface area (Å²) in [6.07, 6.45) is 7.82. The van der Waals surface area contributed by atoms with Crippen molar-refractivity contribution in [3.05, 3.63) is 24.3 Å². The molecule has 0 fully saturated rings. The number of fused-ring (bicyclic) bond motifs is 1. The summed E-state index contributed by atoms with van der Waals surface area (Å²) in [6.45, 7) is 3.85. The maximum absolute atomic E-state index is 12.0. The van der Waals surface area contributed by atoms with E-state index >= 15 is 0 Å². The Labute approximate surface area is 122 Å². The molecule has 2 atom stereocenters. The van der Waals surface area contributed by atoms with Crippen LogP contribution in [0.3, 0.4) is 0 Å². The fourth-order valence-corrected chi connectivity index (χ4v) is 3.26. The normalized spacial score (nSPS) is 23.4. The molecule has 108 valence electrons. The Bertz CT molecular complexity index is 466. The van der Waals surface area contributed by atoms with Crippen LogP contribution in [0.1, 0.15) is 13.8 Å². The summed E-state index contributed by atoms with van der Waals surface area (Å²) in [7, 11) is 0. The molecule has 0 saturated carbocycles. The molecule has 1 heterocycles. The van der Waals surface area contributed by atoms with Gasteiger partial charge in [0.25, 0.3) is 0 Å². The zero-order chi connectivity index (χ0) is 14.5. The topological polar surface area (TPSA) is 65.0 Å². The van der Waals surface area contributed by atoms with E-state index in [1.807, 2.05) is 24.3 Å². The van der Waals surface area contributed by atoms with Crippen molar-refractivity contribution in [2.45, 2.75) is 25.1 Å². The van der Waals surface area contributed by atoms with Gasteiger partial charge in [0.05, 0.1) is 29.5 Å². The molecule has 1 aliphatic heterocycles. The van der Waals surface area contributed by atoms with Gasteiger partial charge in [-0.05, 0) is 13.8 Å². The number of ether oxygens (including phenoxy) is 2. The largest absolute Gasteiger partial charge is 0.465 e. The SMILES string of the molecule is CCOC(=O)C(C(=O)OCC)C1=NC2C=CC=CC2S1. The minimum absolute atomic E-state index is 0.0219. The Balaban J connectivity index is 2.19. The number of carbonyl (C=O) groups excluding carboxylic acids is 2. The first-order valence-electron chi connectivity index (χ1n) is 6.60. The van der Waals surface area contributed by atoms with Gasteiger partial charge in [0.2, 0.25) is 5.92 Å². The number of hydrogen-bond acceptors (Lipinski definition) is 6. The van der Waals surface area contributed by atoms with E-state index in [9.17, 15) is 9.59 Å². The number of hydrogen-bond donors (Lipinski definition) is 0. The smallest absolute Gasteiger partial charge is 0.327 e. The van der Waals surface area contributed by atoms with E-state index in [1.54, 1.807) is 13.8 Å². The average molecular weight is 295 g/mol. The number of esters is 2. The van der Waals surface area contributed by atoms with Crippen molar-refractivity contribution < 1.29 is 19.1 Å². The first-order chi connectivity index (χ1) is 9.67. The molecule has 1 aliphatic carbocycles. The van der Waals surface area contributed by atoms with Gasteiger partial charge in [0, 0.05) is 0 Å². The van der Waals surface area contributed by atoms with Crippen molar-refractivity contribution in [3.63, 3.8) is 0 Å². The number of thioether (sulfide) groups is 1. The molecule has 2 unspecified atom stereocenters. The molecule has 0 spiro atoms. The summed E-state index contributed by atoms with van der Waals surface area (Å²) in [4.78, 5) is 28.5. The van der Waals surface area contributed by atoms with Crippen LogP contribution in [0.4, 0.5) is 0 Å². The van der Waals surface area contributed by atoms with Crippen LogP contribution in [0.15, 0.2) is 29.3 Å². The summed E-state index contributed by atoms with van der Waals surface area (Å²) in [5, 5.41) is 0.620. The van der Waals surface area contributed by atoms with Crippen LogP contribution in [-0.4, -0.2) is 41.5 Å². The second-order valence-electron chi connectivity index (χ2n) is 4.25. The molecule has 0 bridgehead atoms. The molecule has 2 rings (SSSR count). The molecular weight excluding hydrogens is 278 g/mol. The molecule has 2 aliphatic rings. The van der Waals surface area contributed by atoms with Gasteiger partial charge in [-0.1, -0.05) is 36.1 Å². The molecular formula is C14H17NO4S. The van der Waals surface area contributed by atoms with Gasteiger partial charge in [-0.15, -0.1) is 0 Å². The van der Waals surface area contributed by atoms with Gasteiger partial charge >= 0.3 is 11.9 Å². The second kappa shape index (κ2) is 6.74. The number of allylic oxidation sites excluding steroid dienone is 2. The van der Waals surface area contributed by atoms with Crippen LogP contribution in [-0.2, 0) is 19.1 Å². The third kappa shape index (κ3) is 3.12. The molecule has 0 aromatic heterocycles. The second-order valence-corrected chi connectivity index (χ2v) is 5.45. The van der Waals surface area contributed by atoms with Crippen LogP contribution in [0, 0.1) is 5.92 Å². The zero-order valence-electron chi connectivity index (χ0n) is 11.4. The number of aliphatic imine (C=N–C) groups is 1. The fourth-order valence-electron chi connectivity index (χ4n) is 2.01. The van der Waals surface area contributed by atoms with Crippen LogP contribution in [0.2, 0.25) is 0 Å². The van der Waals surface area contributed by atoms with Crippen LogP contribution >= 0.6 is 11.8 Å². The number of nitrogens with zero attached hydrogens (tertiary/aromatic N) is 1. The van der Waals surface area contributed by atoms with Crippen molar-refractivity contribution in [1.82, 2.24) is 0 Å². The third-order valence-electron chi connectivity index (χ3n) is 2.88. The van der Waals surface area contributed by atoms with Gasteiger partial charge < -0.3 is 9.47 Å². The summed E-state index contributed by atoms with van der Waals surface area (Å²) in [5.74, 6) is -2.25. The highest BCUT2D eigenvalue weighted by atomic mass is 32.2. The molecule has 0 aromatic carbocycles. The van der Waals surface area contributed by atoms with Gasteiger partial charge in [0.15, 0.2) is 0 Å². The predicted octanol–water partition coefficient (Wildman–Crippen LogP) is 1.74. The van der Waals surface area contributed by atoms with Crippen molar-refractivity contribution in [1.29, 1.82) is 0 Å². The Hall–Kier alpha value is -1.56. The Kier molecular flexibility index (Phi) is 5.00. The molecule has 0 amide bonds. The molecule has 0 radical (unpaired) electrons. The molecule has 20 heavy (non-hydrogen) atoms. The van der Waals surface area contributed by atoms with Crippen LogP contribution < -0.4 is 0 Å². The van der Waals surface area contributed by atoms with Crippen molar-refractivity contribution in [2.24, 2.45) is 10.9 Å². The monoisotopic (exact) mass is 295 g/mol. The highest BCUT2D eigenvalue weighted by Gasteiger charge is 2.40. The molecule has 6 heteroatoms. The standard InChI is InChI=1S/C14H17NO4S/c1-3-18-13(16)11(14(17)19-4-2)12-15-9-7-5-6-8-10(9)20-12/h5-11H,3-4H2,1-2H3. The number of carbonyl (C=O) groups is 2. The van der Waals surface area contributed by atoms with Crippen molar-refractivity contribution in [3.8, 4) is 0 Å². The molecule has 0 N–H and O–H groups in total. The summed E-state index contributed by atoms with van der Waals surface area (Å²) >= 11 is 1.42. The van der Waals surface area contributed by atoms with Gasteiger partial charge in [0.1, 0.15) is 0 Å². The van der Waals surface area contributed by atoms with E-state index in [-0.39, 0.29) is 24.5 Å². The van der Waals surface area contributed by atoms with E-state index in [4.69, 9.17) is 9.47 Å². The fraction of sp³-hybridized carbons (Fsp3) is 0.500. The lowest BCUT2D eigenvalue weighted by molar-refractivity contribution is -0.157. The Morgan fingerprint density at radius 2 is 1.80 bits per heavy atom. The van der Waals surface area contributed by atoms with Gasteiger partial charge in [-0.2, -0.15) is 0 Å². The van der Waals surface area contributed by atoms with Crippen LogP contribution in [0.25, 0.3) is 0 Å².